The van der Waals surface area contributed by atoms with Crippen LogP contribution in [0.3, 0.4) is 0 Å². The number of rotatable bonds is 4. The third-order valence-electron chi connectivity index (χ3n) is 2.59. The molecule has 0 aliphatic heterocycles. The summed E-state index contributed by atoms with van der Waals surface area (Å²) in [5.41, 5.74) is 1.81. The van der Waals surface area contributed by atoms with E-state index in [1.54, 1.807) is 18.2 Å². The predicted molar refractivity (Wildman–Crippen MR) is 82.7 cm³/mol. The lowest BCUT2D eigenvalue weighted by atomic mass is 10.1. The van der Waals surface area contributed by atoms with Gasteiger partial charge in [-0.2, -0.15) is 0 Å². The van der Waals surface area contributed by atoms with Crippen molar-refractivity contribution >= 4 is 40.7 Å². The van der Waals surface area contributed by atoms with Crippen LogP contribution in [-0.4, -0.2) is 11.5 Å². The molecule has 0 fully saturated rings. The van der Waals surface area contributed by atoms with Crippen molar-refractivity contribution in [3.05, 3.63) is 63.6 Å². The van der Waals surface area contributed by atoms with Crippen molar-refractivity contribution in [2.45, 2.75) is 11.8 Å². The second-order valence-electron chi connectivity index (χ2n) is 4.16. The summed E-state index contributed by atoms with van der Waals surface area (Å²) >= 11 is 13.4. The van der Waals surface area contributed by atoms with Gasteiger partial charge in [0, 0.05) is 15.5 Å². The lowest BCUT2D eigenvalue weighted by Crippen LogP contribution is -2.02. The molecular weight excluding hydrogens is 299 g/mol. The van der Waals surface area contributed by atoms with Crippen molar-refractivity contribution < 1.29 is 4.79 Å². The Kier molecular flexibility index (Phi) is 4.92. The highest BCUT2D eigenvalue weighted by Gasteiger charge is 2.09. The topological polar surface area (TPSA) is 17.1 Å². The predicted octanol–water partition coefficient (Wildman–Crippen LogP) is 5.28. The van der Waals surface area contributed by atoms with Crippen molar-refractivity contribution in [3.63, 3.8) is 0 Å². The summed E-state index contributed by atoms with van der Waals surface area (Å²) in [6.45, 7) is 1.97. The Balaban J connectivity index is 2.06. The van der Waals surface area contributed by atoms with Crippen LogP contribution in [0.4, 0.5) is 0 Å². The summed E-state index contributed by atoms with van der Waals surface area (Å²) in [5.74, 6) is 0.438. The largest absolute Gasteiger partial charge is 0.293 e. The second-order valence-corrected chi connectivity index (χ2v) is 6.02. The van der Waals surface area contributed by atoms with E-state index in [1.165, 1.54) is 11.8 Å². The van der Waals surface area contributed by atoms with E-state index < -0.39 is 0 Å². The SMILES string of the molecule is Cc1cccc(C(=O)CSc2cc(Cl)ccc2Cl)c1. The van der Waals surface area contributed by atoms with E-state index in [0.29, 0.717) is 15.8 Å². The molecule has 0 saturated carbocycles. The third-order valence-corrected chi connectivity index (χ3v) is 4.32. The van der Waals surface area contributed by atoms with Crippen LogP contribution in [0.1, 0.15) is 15.9 Å². The van der Waals surface area contributed by atoms with E-state index >= 15 is 0 Å². The van der Waals surface area contributed by atoms with Crippen molar-refractivity contribution in [2.75, 3.05) is 5.75 Å². The number of hydrogen-bond donors (Lipinski definition) is 0. The zero-order valence-electron chi connectivity index (χ0n) is 10.3. The average Bonchev–Trinajstić information content (AvgIpc) is 2.39. The van der Waals surface area contributed by atoms with E-state index in [-0.39, 0.29) is 5.78 Å². The van der Waals surface area contributed by atoms with Gasteiger partial charge >= 0.3 is 0 Å². The fourth-order valence-electron chi connectivity index (χ4n) is 1.63. The van der Waals surface area contributed by atoms with E-state index in [4.69, 9.17) is 23.2 Å². The van der Waals surface area contributed by atoms with E-state index in [0.717, 1.165) is 16.0 Å². The van der Waals surface area contributed by atoms with E-state index in [9.17, 15) is 4.79 Å². The molecule has 0 radical (unpaired) electrons. The van der Waals surface area contributed by atoms with Gasteiger partial charge in [0.1, 0.15) is 0 Å². The van der Waals surface area contributed by atoms with Crippen molar-refractivity contribution in [1.29, 1.82) is 0 Å². The monoisotopic (exact) mass is 310 g/mol. The van der Waals surface area contributed by atoms with Gasteiger partial charge < -0.3 is 0 Å². The summed E-state index contributed by atoms with van der Waals surface area (Å²) in [6.07, 6.45) is 0. The van der Waals surface area contributed by atoms with Crippen LogP contribution < -0.4 is 0 Å². The summed E-state index contributed by atoms with van der Waals surface area (Å²) < 4.78 is 0. The first-order valence-corrected chi connectivity index (χ1v) is 7.48. The van der Waals surface area contributed by atoms with Gasteiger partial charge in [-0.15, -0.1) is 11.8 Å². The van der Waals surface area contributed by atoms with Crippen LogP contribution in [0.5, 0.6) is 0 Å². The minimum absolute atomic E-state index is 0.0877. The number of halogens is 2. The molecule has 0 aliphatic carbocycles. The van der Waals surface area contributed by atoms with Crippen LogP contribution in [0, 0.1) is 6.92 Å². The zero-order chi connectivity index (χ0) is 13.8. The molecule has 0 bridgehead atoms. The molecule has 0 amide bonds. The van der Waals surface area contributed by atoms with Crippen LogP contribution >= 0.6 is 35.0 Å². The number of hydrogen-bond acceptors (Lipinski definition) is 2. The molecule has 0 atom stereocenters. The smallest absolute Gasteiger partial charge is 0.173 e. The molecule has 98 valence electrons. The van der Waals surface area contributed by atoms with Crippen molar-refractivity contribution in [1.82, 2.24) is 0 Å². The standard InChI is InChI=1S/C15H12Cl2OS/c1-10-3-2-4-11(7-10)14(18)9-19-15-8-12(16)5-6-13(15)17/h2-8H,9H2,1H3. The summed E-state index contributed by atoms with van der Waals surface area (Å²) in [6, 6.07) is 12.8. The third kappa shape index (κ3) is 4.00. The highest BCUT2D eigenvalue weighted by atomic mass is 35.5. The van der Waals surface area contributed by atoms with E-state index in [2.05, 4.69) is 0 Å². The van der Waals surface area contributed by atoms with Crippen LogP contribution in [-0.2, 0) is 0 Å². The molecule has 4 heteroatoms. The normalized spacial score (nSPS) is 10.5. The van der Waals surface area contributed by atoms with Gasteiger partial charge in [0.15, 0.2) is 5.78 Å². The molecule has 0 unspecified atom stereocenters. The van der Waals surface area contributed by atoms with Gasteiger partial charge in [0.25, 0.3) is 0 Å². The molecule has 19 heavy (non-hydrogen) atoms. The number of thioether (sulfide) groups is 1. The zero-order valence-corrected chi connectivity index (χ0v) is 12.6. The summed E-state index contributed by atoms with van der Waals surface area (Å²) in [4.78, 5) is 12.9. The molecule has 2 aromatic rings. The minimum Gasteiger partial charge on any atom is -0.293 e. The first kappa shape index (κ1) is 14.4. The Morgan fingerprint density at radius 2 is 1.95 bits per heavy atom. The number of ketones is 1. The van der Waals surface area contributed by atoms with Crippen LogP contribution in [0.15, 0.2) is 47.4 Å². The fraction of sp³-hybridized carbons (Fsp3) is 0.133. The van der Waals surface area contributed by atoms with Gasteiger partial charge in [-0.3, -0.25) is 4.79 Å². The Bertz CT molecular complexity index is 611. The Labute approximate surface area is 126 Å². The second kappa shape index (κ2) is 6.47. The number of aryl methyl sites for hydroxylation is 1. The molecule has 0 heterocycles. The summed E-state index contributed by atoms with van der Waals surface area (Å²) in [7, 11) is 0. The molecule has 2 rings (SSSR count). The minimum atomic E-state index is 0.0877. The lowest BCUT2D eigenvalue weighted by Gasteiger charge is -2.05. The molecule has 0 N–H and O–H groups in total. The molecule has 2 aromatic carbocycles. The average molecular weight is 311 g/mol. The Hall–Kier alpha value is -0.960. The number of benzene rings is 2. The van der Waals surface area contributed by atoms with Gasteiger partial charge in [-0.05, 0) is 31.2 Å². The highest BCUT2D eigenvalue weighted by Crippen LogP contribution is 2.30. The maximum absolute atomic E-state index is 12.1. The van der Waals surface area contributed by atoms with Crippen LogP contribution in [0.2, 0.25) is 10.0 Å². The number of Topliss-reactive ketones (excluding diaryl/α,β-unsaturated/α-hetero) is 1. The Morgan fingerprint density at radius 1 is 1.16 bits per heavy atom. The maximum Gasteiger partial charge on any atom is 0.173 e. The van der Waals surface area contributed by atoms with E-state index in [1.807, 2.05) is 31.2 Å². The lowest BCUT2D eigenvalue weighted by molar-refractivity contribution is 0.102. The van der Waals surface area contributed by atoms with Crippen LogP contribution in [0.25, 0.3) is 0 Å². The van der Waals surface area contributed by atoms with Crippen molar-refractivity contribution in [3.8, 4) is 0 Å². The number of carbonyl (C=O) groups excluding carboxylic acids is 1. The highest BCUT2D eigenvalue weighted by molar-refractivity contribution is 8.00. The molecule has 0 saturated heterocycles. The first-order chi connectivity index (χ1) is 9.06. The molecule has 1 nitrogen and oxygen atoms in total. The number of carbonyl (C=O) groups is 1. The quantitative estimate of drug-likeness (QED) is 0.564. The fourth-order valence-corrected chi connectivity index (χ4v) is 3.02. The van der Waals surface area contributed by atoms with Gasteiger partial charge in [0.05, 0.1) is 10.8 Å². The maximum atomic E-state index is 12.1. The molecular formula is C15H12Cl2OS. The summed E-state index contributed by atoms with van der Waals surface area (Å²) in [5, 5.41) is 1.24. The molecule has 0 spiro atoms. The molecule has 0 aliphatic rings. The van der Waals surface area contributed by atoms with Gasteiger partial charge in [0.2, 0.25) is 0 Å². The van der Waals surface area contributed by atoms with Gasteiger partial charge in [-0.25, -0.2) is 0 Å². The first-order valence-electron chi connectivity index (χ1n) is 5.74. The van der Waals surface area contributed by atoms with Crippen molar-refractivity contribution in [2.24, 2.45) is 0 Å². The van der Waals surface area contributed by atoms with Gasteiger partial charge in [-0.1, -0.05) is 47.0 Å². The Morgan fingerprint density at radius 3 is 2.68 bits per heavy atom. The molecule has 0 aromatic heterocycles.